The molecule has 0 aliphatic heterocycles. The number of aromatic nitrogens is 3. The van der Waals surface area contributed by atoms with Crippen LogP contribution in [0, 0.1) is 0 Å². The van der Waals surface area contributed by atoms with Gasteiger partial charge in [-0.1, -0.05) is 17.7 Å². The van der Waals surface area contributed by atoms with Gasteiger partial charge in [-0.2, -0.15) is 0 Å². The third-order valence-corrected chi connectivity index (χ3v) is 3.59. The summed E-state index contributed by atoms with van der Waals surface area (Å²) in [6, 6.07) is 12.5. The highest BCUT2D eigenvalue weighted by Gasteiger charge is 2.18. The van der Waals surface area contributed by atoms with Crippen molar-refractivity contribution in [3.63, 3.8) is 0 Å². The minimum Gasteiger partial charge on any atom is -0.458 e. The molecule has 2 aromatic heterocycles. The Labute approximate surface area is 156 Å². The Morgan fingerprint density at radius 1 is 1.12 bits per heavy atom. The van der Waals surface area contributed by atoms with Crippen molar-refractivity contribution >= 4 is 29.2 Å². The lowest BCUT2D eigenvalue weighted by Gasteiger charge is -2.11. The zero-order valence-corrected chi connectivity index (χ0v) is 15.1. The number of halogens is 1. The van der Waals surface area contributed by atoms with Gasteiger partial charge in [0.25, 0.3) is 0 Å². The Balaban J connectivity index is 1.92. The van der Waals surface area contributed by atoms with Crippen LogP contribution in [0.1, 0.15) is 24.3 Å². The number of benzene rings is 1. The number of pyridine rings is 1. The molecule has 1 N–H and O–H groups in total. The predicted molar refractivity (Wildman–Crippen MR) is 101 cm³/mol. The van der Waals surface area contributed by atoms with Crippen molar-refractivity contribution in [2.45, 2.75) is 20.0 Å². The second-order valence-corrected chi connectivity index (χ2v) is 6.19. The van der Waals surface area contributed by atoms with E-state index in [0.29, 0.717) is 22.2 Å². The third kappa shape index (κ3) is 4.34. The molecule has 1 aromatic carbocycles. The number of hydrogen-bond donors (Lipinski definition) is 1. The number of anilines is 2. The summed E-state index contributed by atoms with van der Waals surface area (Å²) in [5, 5.41) is 3.70. The van der Waals surface area contributed by atoms with E-state index < -0.39 is 5.97 Å². The Morgan fingerprint density at radius 2 is 1.96 bits per heavy atom. The molecule has 0 atom stereocenters. The summed E-state index contributed by atoms with van der Waals surface area (Å²) in [6.45, 7) is 3.58. The largest absolute Gasteiger partial charge is 0.458 e. The van der Waals surface area contributed by atoms with E-state index in [4.69, 9.17) is 16.3 Å². The van der Waals surface area contributed by atoms with E-state index >= 15 is 0 Å². The van der Waals surface area contributed by atoms with Crippen LogP contribution in [0.4, 0.5) is 11.6 Å². The number of nitrogens with one attached hydrogen (secondary N) is 1. The molecule has 132 valence electrons. The lowest BCUT2D eigenvalue weighted by molar-refractivity contribution is 0.0372. The van der Waals surface area contributed by atoms with Crippen molar-refractivity contribution < 1.29 is 9.53 Å². The van der Waals surface area contributed by atoms with E-state index in [1.54, 1.807) is 56.6 Å². The van der Waals surface area contributed by atoms with Crippen LogP contribution >= 0.6 is 11.6 Å². The minimum absolute atomic E-state index is 0.216. The van der Waals surface area contributed by atoms with Crippen molar-refractivity contribution in [1.29, 1.82) is 0 Å². The van der Waals surface area contributed by atoms with Gasteiger partial charge in [0.1, 0.15) is 0 Å². The molecular formula is C19H17ClN4O2. The van der Waals surface area contributed by atoms with Crippen LogP contribution in [-0.4, -0.2) is 27.0 Å². The Bertz CT molecular complexity index is 931. The zero-order valence-electron chi connectivity index (χ0n) is 14.3. The van der Waals surface area contributed by atoms with Gasteiger partial charge in [0.15, 0.2) is 5.69 Å². The van der Waals surface area contributed by atoms with Crippen molar-refractivity contribution in [1.82, 2.24) is 15.0 Å². The molecule has 0 fully saturated rings. The lowest BCUT2D eigenvalue weighted by atomic mass is 10.1. The highest BCUT2D eigenvalue weighted by molar-refractivity contribution is 6.30. The number of esters is 1. The first-order chi connectivity index (χ1) is 12.5. The second kappa shape index (κ2) is 7.93. The summed E-state index contributed by atoms with van der Waals surface area (Å²) in [4.78, 5) is 25.2. The molecule has 2 heterocycles. The Kier molecular flexibility index (Phi) is 5.43. The van der Waals surface area contributed by atoms with Crippen LogP contribution in [-0.2, 0) is 4.74 Å². The standard InChI is InChI=1S/C19H17ClN4O2/c1-12(2)26-18(25)17-15(7-4-9-21-17)16-8-10-22-19(24-16)23-14-6-3-5-13(20)11-14/h3-12H,1-2H3,(H,22,23,24). The van der Waals surface area contributed by atoms with Crippen molar-refractivity contribution in [2.24, 2.45) is 0 Å². The predicted octanol–water partition coefficient (Wildman–Crippen LogP) is 4.50. The van der Waals surface area contributed by atoms with E-state index in [1.165, 1.54) is 0 Å². The van der Waals surface area contributed by atoms with Gasteiger partial charge in [-0.3, -0.25) is 0 Å². The molecule has 3 aromatic rings. The SMILES string of the molecule is CC(C)OC(=O)c1ncccc1-c1ccnc(Nc2cccc(Cl)c2)n1. The van der Waals surface area contributed by atoms with E-state index in [2.05, 4.69) is 20.3 Å². The first-order valence-electron chi connectivity index (χ1n) is 8.05. The van der Waals surface area contributed by atoms with Gasteiger partial charge in [0, 0.05) is 28.7 Å². The highest BCUT2D eigenvalue weighted by Crippen LogP contribution is 2.23. The summed E-state index contributed by atoms with van der Waals surface area (Å²) in [5.74, 6) is -0.102. The van der Waals surface area contributed by atoms with Crippen molar-refractivity contribution in [3.05, 3.63) is 65.6 Å². The first-order valence-corrected chi connectivity index (χ1v) is 8.43. The van der Waals surface area contributed by atoms with Gasteiger partial charge < -0.3 is 10.1 Å². The second-order valence-electron chi connectivity index (χ2n) is 5.75. The topological polar surface area (TPSA) is 77.0 Å². The van der Waals surface area contributed by atoms with Gasteiger partial charge >= 0.3 is 5.97 Å². The maximum absolute atomic E-state index is 12.3. The highest BCUT2D eigenvalue weighted by atomic mass is 35.5. The fraction of sp³-hybridized carbons (Fsp3) is 0.158. The molecule has 0 spiro atoms. The molecular weight excluding hydrogens is 352 g/mol. The summed E-state index contributed by atoms with van der Waals surface area (Å²) in [7, 11) is 0. The molecule has 0 amide bonds. The zero-order chi connectivity index (χ0) is 18.5. The number of carbonyl (C=O) groups excluding carboxylic acids is 1. The van der Waals surface area contributed by atoms with E-state index in [9.17, 15) is 4.79 Å². The molecule has 0 bridgehead atoms. The monoisotopic (exact) mass is 368 g/mol. The van der Waals surface area contributed by atoms with Crippen LogP contribution in [0.15, 0.2) is 54.9 Å². The summed E-state index contributed by atoms with van der Waals surface area (Å²) in [6.07, 6.45) is 2.93. The van der Waals surface area contributed by atoms with Crippen LogP contribution in [0.25, 0.3) is 11.3 Å². The summed E-state index contributed by atoms with van der Waals surface area (Å²) >= 11 is 5.99. The molecule has 0 saturated carbocycles. The van der Waals surface area contributed by atoms with Crippen LogP contribution in [0.2, 0.25) is 5.02 Å². The molecule has 7 heteroatoms. The maximum atomic E-state index is 12.3. The normalized spacial score (nSPS) is 10.6. The van der Waals surface area contributed by atoms with E-state index in [0.717, 1.165) is 5.69 Å². The van der Waals surface area contributed by atoms with Crippen LogP contribution in [0.5, 0.6) is 0 Å². The average molecular weight is 369 g/mol. The number of rotatable bonds is 5. The number of carbonyl (C=O) groups is 1. The van der Waals surface area contributed by atoms with Crippen LogP contribution in [0.3, 0.4) is 0 Å². The maximum Gasteiger partial charge on any atom is 0.357 e. The van der Waals surface area contributed by atoms with Gasteiger partial charge in [-0.25, -0.2) is 19.7 Å². The Morgan fingerprint density at radius 3 is 2.73 bits per heavy atom. The van der Waals surface area contributed by atoms with Gasteiger partial charge in [-0.05, 0) is 50.2 Å². The Hall–Kier alpha value is -2.99. The van der Waals surface area contributed by atoms with Gasteiger partial charge in [-0.15, -0.1) is 0 Å². The molecule has 0 radical (unpaired) electrons. The molecule has 3 rings (SSSR count). The number of nitrogens with zero attached hydrogens (tertiary/aromatic N) is 3. The van der Waals surface area contributed by atoms with Crippen molar-refractivity contribution in [2.75, 3.05) is 5.32 Å². The summed E-state index contributed by atoms with van der Waals surface area (Å²) in [5.41, 5.74) is 2.12. The molecule has 0 aliphatic rings. The molecule has 26 heavy (non-hydrogen) atoms. The minimum atomic E-state index is -0.487. The molecule has 6 nitrogen and oxygen atoms in total. The van der Waals surface area contributed by atoms with E-state index in [-0.39, 0.29) is 11.8 Å². The number of ether oxygens (including phenoxy) is 1. The average Bonchev–Trinajstić information content (AvgIpc) is 2.61. The molecule has 0 unspecified atom stereocenters. The van der Waals surface area contributed by atoms with Crippen LogP contribution < -0.4 is 5.32 Å². The fourth-order valence-electron chi connectivity index (χ4n) is 2.31. The van der Waals surface area contributed by atoms with E-state index in [1.807, 2.05) is 12.1 Å². The lowest BCUT2D eigenvalue weighted by Crippen LogP contribution is -2.14. The van der Waals surface area contributed by atoms with Crippen molar-refractivity contribution in [3.8, 4) is 11.3 Å². The van der Waals surface area contributed by atoms with Gasteiger partial charge in [0.2, 0.25) is 5.95 Å². The van der Waals surface area contributed by atoms with Gasteiger partial charge in [0.05, 0.1) is 11.8 Å². The quantitative estimate of drug-likeness (QED) is 0.668. The number of hydrogen-bond acceptors (Lipinski definition) is 6. The smallest absolute Gasteiger partial charge is 0.357 e. The third-order valence-electron chi connectivity index (χ3n) is 3.36. The molecule has 0 saturated heterocycles. The molecule has 0 aliphatic carbocycles. The summed E-state index contributed by atoms with van der Waals surface area (Å²) < 4.78 is 5.26. The first kappa shape index (κ1) is 17.8. The fourth-order valence-corrected chi connectivity index (χ4v) is 2.50.